The lowest BCUT2D eigenvalue weighted by Crippen LogP contribution is -2.17. The summed E-state index contributed by atoms with van der Waals surface area (Å²) in [5.74, 6) is -0.273. The topological polar surface area (TPSA) is 42.4 Å². The Labute approximate surface area is 124 Å². The van der Waals surface area contributed by atoms with Gasteiger partial charge in [-0.05, 0) is 31.5 Å². The summed E-state index contributed by atoms with van der Waals surface area (Å²) in [4.78, 5) is 5.02. The van der Waals surface area contributed by atoms with Gasteiger partial charge in [-0.2, -0.15) is 0 Å². The number of benzene rings is 1. The van der Waals surface area contributed by atoms with Crippen molar-refractivity contribution in [2.45, 2.75) is 32.7 Å². The minimum atomic E-state index is -4.70. The highest BCUT2D eigenvalue weighted by Gasteiger charge is 2.31. The molecule has 0 aliphatic heterocycles. The van der Waals surface area contributed by atoms with Crippen molar-refractivity contribution in [3.8, 4) is 5.75 Å². The molecule has 0 amide bonds. The number of nitrogens with zero attached hydrogens (tertiary/aromatic N) is 1. The van der Waals surface area contributed by atoms with Crippen LogP contribution in [0.15, 0.2) is 24.3 Å². The van der Waals surface area contributed by atoms with Gasteiger partial charge in [0.25, 0.3) is 0 Å². The number of halogens is 3. The van der Waals surface area contributed by atoms with Crippen LogP contribution in [0.1, 0.15) is 27.2 Å². The Kier molecular flexibility index (Phi) is 4.53. The van der Waals surface area contributed by atoms with E-state index >= 15 is 0 Å². The number of hydrogen-bond acceptors (Lipinski definition) is 4. The average molecular weight is 317 g/mol. The Morgan fingerprint density at radius 2 is 1.86 bits per heavy atom. The standard InChI is InChI=1S/C14H14F3NO2S/c1-8-13(21-9(2)18-8)12(19)7-10-3-5-11(6-4-10)20-14(15,16)17/h3-6,12,19H,7H2,1-2H3. The van der Waals surface area contributed by atoms with E-state index in [0.717, 1.165) is 21.1 Å². The minimum Gasteiger partial charge on any atom is -0.406 e. The lowest BCUT2D eigenvalue weighted by Gasteiger charge is -2.11. The zero-order valence-corrected chi connectivity index (χ0v) is 12.3. The van der Waals surface area contributed by atoms with Crippen molar-refractivity contribution in [1.82, 2.24) is 4.98 Å². The summed E-state index contributed by atoms with van der Waals surface area (Å²) in [6.45, 7) is 3.68. The van der Waals surface area contributed by atoms with Gasteiger partial charge in [-0.25, -0.2) is 4.98 Å². The second-order valence-electron chi connectivity index (χ2n) is 4.59. The number of thiazole rings is 1. The highest BCUT2D eigenvalue weighted by Crippen LogP contribution is 2.28. The number of aliphatic hydroxyl groups is 1. The first-order valence-electron chi connectivity index (χ1n) is 6.21. The van der Waals surface area contributed by atoms with E-state index in [1.807, 2.05) is 13.8 Å². The second kappa shape index (κ2) is 6.03. The molecule has 1 N–H and O–H groups in total. The third-order valence-corrected chi connectivity index (χ3v) is 4.00. The van der Waals surface area contributed by atoms with Gasteiger partial charge in [0.1, 0.15) is 5.75 Å². The number of rotatable bonds is 4. The molecule has 0 saturated heterocycles. The van der Waals surface area contributed by atoms with Gasteiger partial charge in [0.15, 0.2) is 0 Å². The normalized spacial score (nSPS) is 13.2. The smallest absolute Gasteiger partial charge is 0.406 e. The van der Waals surface area contributed by atoms with Crippen LogP contribution in [0.4, 0.5) is 13.2 Å². The SMILES string of the molecule is Cc1nc(C)c(C(O)Cc2ccc(OC(F)(F)F)cc2)s1. The molecule has 0 spiro atoms. The first-order chi connectivity index (χ1) is 9.74. The highest BCUT2D eigenvalue weighted by atomic mass is 32.1. The molecule has 1 aromatic carbocycles. The molecule has 1 unspecified atom stereocenters. The Morgan fingerprint density at radius 3 is 2.33 bits per heavy atom. The lowest BCUT2D eigenvalue weighted by molar-refractivity contribution is -0.274. The molecule has 2 aromatic rings. The molecule has 2 rings (SSSR count). The van der Waals surface area contributed by atoms with Crippen molar-refractivity contribution in [1.29, 1.82) is 0 Å². The zero-order chi connectivity index (χ0) is 15.6. The number of alkyl halides is 3. The predicted molar refractivity (Wildman–Crippen MR) is 73.4 cm³/mol. The van der Waals surface area contributed by atoms with E-state index in [0.29, 0.717) is 6.42 Å². The fraction of sp³-hybridized carbons (Fsp3) is 0.357. The quantitative estimate of drug-likeness (QED) is 0.929. The molecule has 0 aliphatic rings. The van der Waals surface area contributed by atoms with Crippen LogP contribution in [0.2, 0.25) is 0 Å². The number of aromatic nitrogens is 1. The van der Waals surface area contributed by atoms with Crippen LogP contribution in [-0.4, -0.2) is 16.5 Å². The number of ether oxygens (including phenoxy) is 1. The van der Waals surface area contributed by atoms with Crippen molar-refractivity contribution in [3.05, 3.63) is 45.4 Å². The molecular weight excluding hydrogens is 303 g/mol. The molecule has 21 heavy (non-hydrogen) atoms. The van der Waals surface area contributed by atoms with Crippen LogP contribution in [0, 0.1) is 13.8 Å². The summed E-state index contributed by atoms with van der Waals surface area (Å²) in [5.41, 5.74) is 1.50. The molecule has 7 heteroatoms. The Hall–Kier alpha value is -1.60. The van der Waals surface area contributed by atoms with Gasteiger partial charge in [0.2, 0.25) is 0 Å². The summed E-state index contributed by atoms with van der Waals surface area (Å²) in [6, 6.07) is 5.49. The van der Waals surface area contributed by atoms with Crippen molar-refractivity contribution in [3.63, 3.8) is 0 Å². The Morgan fingerprint density at radius 1 is 1.24 bits per heavy atom. The van der Waals surface area contributed by atoms with E-state index < -0.39 is 12.5 Å². The van der Waals surface area contributed by atoms with E-state index in [2.05, 4.69) is 9.72 Å². The Balaban J connectivity index is 2.05. The predicted octanol–water partition coefficient (Wildman–Crippen LogP) is 3.93. The minimum absolute atomic E-state index is 0.273. The van der Waals surface area contributed by atoms with Gasteiger partial charge in [-0.1, -0.05) is 12.1 Å². The maximum absolute atomic E-state index is 12.1. The first kappa shape index (κ1) is 15.8. The molecule has 3 nitrogen and oxygen atoms in total. The van der Waals surface area contributed by atoms with E-state index in [-0.39, 0.29) is 5.75 Å². The summed E-state index contributed by atoms with van der Waals surface area (Å²) < 4.78 is 40.0. The van der Waals surface area contributed by atoms with Crippen LogP contribution < -0.4 is 4.74 Å². The van der Waals surface area contributed by atoms with Crippen LogP contribution in [0.3, 0.4) is 0 Å². The Bertz CT molecular complexity index is 608. The summed E-state index contributed by atoms with van der Waals surface area (Å²) in [7, 11) is 0. The molecule has 0 fully saturated rings. The van der Waals surface area contributed by atoms with E-state index in [1.54, 1.807) is 0 Å². The number of aliphatic hydroxyl groups excluding tert-OH is 1. The second-order valence-corrected chi connectivity index (χ2v) is 5.83. The van der Waals surface area contributed by atoms with Gasteiger partial charge in [-0.3, -0.25) is 0 Å². The van der Waals surface area contributed by atoms with E-state index in [9.17, 15) is 18.3 Å². The molecule has 0 bridgehead atoms. The fourth-order valence-electron chi connectivity index (χ4n) is 2.00. The largest absolute Gasteiger partial charge is 0.573 e. The molecule has 1 heterocycles. The third-order valence-electron chi connectivity index (χ3n) is 2.83. The average Bonchev–Trinajstić information content (AvgIpc) is 2.69. The summed E-state index contributed by atoms with van der Waals surface area (Å²) in [5, 5.41) is 11.1. The molecule has 0 saturated carbocycles. The van der Waals surface area contributed by atoms with Crippen molar-refractivity contribution >= 4 is 11.3 Å². The number of hydrogen-bond donors (Lipinski definition) is 1. The third kappa shape index (κ3) is 4.44. The molecule has 1 aromatic heterocycles. The van der Waals surface area contributed by atoms with Crippen LogP contribution in [-0.2, 0) is 6.42 Å². The molecule has 114 valence electrons. The van der Waals surface area contributed by atoms with Crippen LogP contribution in [0.5, 0.6) is 5.75 Å². The maximum atomic E-state index is 12.1. The van der Waals surface area contributed by atoms with Gasteiger partial charge in [0.05, 0.1) is 21.7 Å². The monoisotopic (exact) mass is 317 g/mol. The van der Waals surface area contributed by atoms with Crippen LogP contribution >= 0.6 is 11.3 Å². The maximum Gasteiger partial charge on any atom is 0.573 e. The van der Waals surface area contributed by atoms with Gasteiger partial charge < -0.3 is 9.84 Å². The summed E-state index contributed by atoms with van der Waals surface area (Å²) in [6.07, 6.45) is -5.10. The van der Waals surface area contributed by atoms with Gasteiger partial charge in [-0.15, -0.1) is 24.5 Å². The molecule has 0 radical (unpaired) electrons. The van der Waals surface area contributed by atoms with Crippen molar-refractivity contribution in [2.24, 2.45) is 0 Å². The highest BCUT2D eigenvalue weighted by molar-refractivity contribution is 7.11. The fourth-order valence-corrected chi connectivity index (χ4v) is 2.91. The van der Waals surface area contributed by atoms with Crippen LogP contribution in [0.25, 0.3) is 0 Å². The van der Waals surface area contributed by atoms with Gasteiger partial charge in [0, 0.05) is 6.42 Å². The van der Waals surface area contributed by atoms with E-state index in [4.69, 9.17) is 0 Å². The van der Waals surface area contributed by atoms with Gasteiger partial charge >= 0.3 is 6.36 Å². The molecule has 0 aliphatic carbocycles. The zero-order valence-electron chi connectivity index (χ0n) is 11.4. The van der Waals surface area contributed by atoms with Crippen molar-refractivity contribution in [2.75, 3.05) is 0 Å². The first-order valence-corrected chi connectivity index (χ1v) is 7.03. The lowest BCUT2D eigenvalue weighted by atomic mass is 10.1. The molecule has 1 atom stereocenters. The van der Waals surface area contributed by atoms with Crippen molar-refractivity contribution < 1.29 is 23.0 Å². The number of aryl methyl sites for hydroxylation is 2. The molecular formula is C14H14F3NO2S. The van der Waals surface area contributed by atoms with E-state index in [1.165, 1.54) is 35.6 Å². The summed E-state index contributed by atoms with van der Waals surface area (Å²) >= 11 is 1.42.